The van der Waals surface area contributed by atoms with Crippen LogP contribution in [0.15, 0.2) is 0 Å². The van der Waals surface area contributed by atoms with Gasteiger partial charge in [-0.05, 0) is 6.42 Å². The predicted octanol–water partition coefficient (Wildman–Crippen LogP) is 1.21. The van der Waals surface area contributed by atoms with Gasteiger partial charge in [-0.1, -0.05) is 13.8 Å². The van der Waals surface area contributed by atoms with Gasteiger partial charge in [-0.25, -0.2) is 0 Å². The van der Waals surface area contributed by atoms with E-state index in [1.165, 1.54) is 0 Å². The molecule has 0 aromatic carbocycles. The van der Waals surface area contributed by atoms with Crippen LogP contribution in [0.1, 0.15) is 26.7 Å². The number of rotatable bonds is 6. The Morgan fingerprint density at radius 3 is 2.50 bits per heavy atom. The fraction of sp³-hybridized carbons (Fsp3) is 0.875. The van der Waals surface area contributed by atoms with Gasteiger partial charge in [-0.2, -0.15) is 11.8 Å². The lowest BCUT2D eigenvalue weighted by Crippen LogP contribution is -2.17. The summed E-state index contributed by atoms with van der Waals surface area (Å²) < 4.78 is 0. The van der Waals surface area contributed by atoms with Gasteiger partial charge in [0.25, 0.3) is 0 Å². The Morgan fingerprint density at radius 1 is 1.50 bits per heavy atom. The van der Waals surface area contributed by atoms with Gasteiger partial charge in [0, 0.05) is 23.5 Å². The van der Waals surface area contributed by atoms with E-state index in [1.807, 2.05) is 0 Å². The largest absolute Gasteiger partial charge is 0.396 e. The van der Waals surface area contributed by atoms with E-state index >= 15 is 0 Å². The molecule has 0 aliphatic rings. The maximum absolute atomic E-state index is 8.65. The number of hydrogen-bond donors (Lipinski definition) is 3. The molecule has 0 radical (unpaired) electrons. The highest BCUT2D eigenvalue weighted by molar-refractivity contribution is 8.00. The standard InChI is InChI=1S/C8H18N2OS/c1-6(3-4-11)12-7(2)5-8(9)10/h6-7,11H,3-5H2,1-2H3,(H3,9,10). The lowest BCUT2D eigenvalue weighted by molar-refractivity contribution is 0.289. The van der Waals surface area contributed by atoms with Crippen LogP contribution in [0.2, 0.25) is 0 Å². The summed E-state index contributed by atoms with van der Waals surface area (Å²) in [5.74, 6) is 0.242. The van der Waals surface area contributed by atoms with E-state index < -0.39 is 0 Å². The van der Waals surface area contributed by atoms with Crippen LogP contribution in [-0.2, 0) is 0 Å². The highest BCUT2D eigenvalue weighted by Gasteiger charge is 2.09. The van der Waals surface area contributed by atoms with E-state index in [0.29, 0.717) is 16.9 Å². The van der Waals surface area contributed by atoms with Crippen molar-refractivity contribution in [1.29, 1.82) is 5.41 Å². The van der Waals surface area contributed by atoms with Gasteiger partial charge in [0.1, 0.15) is 0 Å². The van der Waals surface area contributed by atoms with Crippen molar-refractivity contribution in [3.63, 3.8) is 0 Å². The first-order valence-electron chi connectivity index (χ1n) is 4.15. The zero-order valence-corrected chi connectivity index (χ0v) is 8.53. The van der Waals surface area contributed by atoms with E-state index in [4.69, 9.17) is 16.2 Å². The van der Waals surface area contributed by atoms with Gasteiger partial charge in [0.05, 0.1) is 5.84 Å². The summed E-state index contributed by atoms with van der Waals surface area (Å²) in [6, 6.07) is 0. The minimum atomic E-state index is 0.237. The zero-order valence-electron chi connectivity index (χ0n) is 7.71. The molecule has 4 heteroatoms. The fourth-order valence-electron chi connectivity index (χ4n) is 1.00. The molecule has 72 valence electrons. The van der Waals surface area contributed by atoms with Gasteiger partial charge in [-0.15, -0.1) is 0 Å². The SMILES string of the molecule is CC(CCO)SC(C)CC(=N)N. The molecular formula is C8H18N2OS. The first-order chi connectivity index (χ1) is 5.56. The molecule has 3 nitrogen and oxygen atoms in total. The molecule has 0 saturated carbocycles. The number of aliphatic hydroxyl groups is 1. The van der Waals surface area contributed by atoms with Crippen LogP contribution in [0.25, 0.3) is 0 Å². The van der Waals surface area contributed by atoms with E-state index in [2.05, 4.69) is 13.8 Å². The molecule has 0 amide bonds. The second-order valence-corrected chi connectivity index (χ2v) is 4.88. The smallest absolute Gasteiger partial charge is 0.0916 e. The van der Waals surface area contributed by atoms with Crippen LogP contribution < -0.4 is 5.73 Å². The molecule has 0 aliphatic carbocycles. The third-order valence-electron chi connectivity index (χ3n) is 1.51. The number of nitrogens with two attached hydrogens (primary N) is 1. The topological polar surface area (TPSA) is 70.1 Å². The first-order valence-corrected chi connectivity index (χ1v) is 5.09. The molecule has 0 heterocycles. The monoisotopic (exact) mass is 190 g/mol. The van der Waals surface area contributed by atoms with Crippen molar-refractivity contribution in [3.05, 3.63) is 0 Å². The molecule has 2 unspecified atom stereocenters. The summed E-state index contributed by atoms with van der Waals surface area (Å²) in [5, 5.41) is 16.6. The van der Waals surface area contributed by atoms with E-state index in [1.54, 1.807) is 11.8 Å². The number of aliphatic hydroxyl groups excluding tert-OH is 1. The molecule has 0 aromatic heterocycles. The van der Waals surface area contributed by atoms with E-state index in [9.17, 15) is 0 Å². The average Bonchev–Trinajstić information content (AvgIpc) is 1.84. The lowest BCUT2D eigenvalue weighted by atomic mass is 10.3. The molecular weight excluding hydrogens is 172 g/mol. The molecule has 0 fully saturated rings. The third kappa shape index (κ3) is 6.49. The number of hydrogen-bond acceptors (Lipinski definition) is 3. The van der Waals surface area contributed by atoms with Crippen molar-refractivity contribution >= 4 is 17.6 Å². The molecule has 0 bridgehead atoms. The number of thioether (sulfide) groups is 1. The first kappa shape index (κ1) is 11.8. The number of amidine groups is 1. The summed E-state index contributed by atoms with van der Waals surface area (Å²) in [7, 11) is 0. The van der Waals surface area contributed by atoms with Crippen molar-refractivity contribution in [2.75, 3.05) is 6.61 Å². The highest BCUT2D eigenvalue weighted by Crippen LogP contribution is 2.21. The minimum absolute atomic E-state index is 0.237. The van der Waals surface area contributed by atoms with Crippen LogP contribution in [0, 0.1) is 5.41 Å². The van der Waals surface area contributed by atoms with Gasteiger partial charge >= 0.3 is 0 Å². The molecule has 0 aromatic rings. The predicted molar refractivity (Wildman–Crippen MR) is 54.7 cm³/mol. The van der Waals surface area contributed by atoms with Gasteiger partial charge < -0.3 is 10.8 Å². The Hall–Kier alpha value is -0.220. The van der Waals surface area contributed by atoms with Crippen molar-refractivity contribution in [2.45, 2.75) is 37.2 Å². The number of nitrogens with one attached hydrogen (secondary N) is 1. The second-order valence-electron chi connectivity index (χ2n) is 3.00. The fourth-order valence-corrected chi connectivity index (χ4v) is 2.31. The van der Waals surface area contributed by atoms with Crippen molar-refractivity contribution in [1.82, 2.24) is 0 Å². The van der Waals surface area contributed by atoms with Crippen molar-refractivity contribution in [2.24, 2.45) is 5.73 Å². The summed E-state index contributed by atoms with van der Waals surface area (Å²) in [5.41, 5.74) is 5.26. The third-order valence-corrected chi connectivity index (χ3v) is 2.84. The summed E-state index contributed by atoms with van der Waals surface area (Å²) >= 11 is 1.77. The van der Waals surface area contributed by atoms with Gasteiger partial charge in [0.2, 0.25) is 0 Å². The molecule has 0 saturated heterocycles. The molecule has 0 rings (SSSR count). The van der Waals surface area contributed by atoms with Crippen LogP contribution in [0.5, 0.6) is 0 Å². The van der Waals surface area contributed by atoms with Crippen LogP contribution in [0.4, 0.5) is 0 Å². The lowest BCUT2D eigenvalue weighted by Gasteiger charge is -2.15. The molecule has 12 heavy (non-hydrogen) atoms. The summed E-state index contributed by atoms with van der Waals surface area (Å²) in [6.07, 6.45) is 1.45. The van der Waals surface area contributed by atoms with Crippen molar-refractivity contribution < 1.29 is 5.11 Å². The normalized spacial score (nSPS) is 15.6. The Labute approximate surface area is 78.2 Å². The quantitative estimate of drug-likeness (QED) is 0.435. The molecule has 0 aliphatic heterocycles. The molecule has 2 atom stereocenters. The Morgan fingerprint density at radius 2 is 2.08 bits per heavy atom. The second kappa shape index (κ2) is 6.31. The Bertz CT molecular complexity index is 141. The van der Waals surface area contributed by atoms with Crippen molar-refractivity contribution in [3.8, 4) is 0 Å². The maximum atomic E-state index is 8.65. The van der Waals surface area contributed by atoms with E-state index in [-0.39, 0.29) is 12.4 Å². The van der Waals surface area contributed by atoms with Gasteiger partial charge in [0.15, 0.2) is 0 Å². The Kier molecular flexibility index (Phi) is 6.20. The average molecular weight is 190 g/mol. The van der Waals surface area contributed by atoms with Gasteiger partial charge in [-0.3, -0.25) is 5.41 Å². The minimum Gasteiger partial charge on any atom is -0.396 e. The molecule has 4 N–H and O–H groups in total. The highest BCUT2D eigenvalue weighted by atomic mass is 32.2. The molecule has 0 spiro atoms. The Balaban J connectivity index is 3.53. The summed E-state index contributed by atoms with van der Waals surface area (Å²) in [4.78, 5) is 0. The van der Waals surface area contributed by atoms with Crippen LogP contribution in [-0.4, -0.2) is 28.0 Å². The van der Waals surface area contributed by atoms with Crippen LogP contribution in [0.3, 0.4) is 0 Å². The van der Waals surface area contributed by atoms with Crippen LogP contribution >= 0.6 is 11.8 Å². The zero-order chi connectivity index (χ0) is 9.56. The summed E-state index contributed by atoms with van der Waals surface area (Å²) in [6.45, 7) is 4.37. The maximum Gasteiger partial charge on any atom is 0.0916 e. The van der Waals surface area contributed by atoms with E-state index in [0.717, 1.165) is 6.42 Å².